The van der Waals surface area contributed by atoms with E-state index in [0.717, 1.165) is 32.1 Å². The van der Waals surface area contributed by atoms with Crippen molar-refractivity contribution in [1.29, 1.82) is 0 Å². The second-order valence-corrected chi connectivity index (χ2v) is 8.84. The lowest BCUT2D eigenvalue weighted by Gasteiger charge is -2.28. The third kappa shape index (κ3) is 7.29. The number of nitrogens with one attached hydrogen (secondary N) is 1. The summed E-state index contributed by atoms with van der Waals surface area (Å²) in [4.78, 5) is 37.0. The van der Waals surface area contributed by atoms with Gasteiger partial charge in [0.1, 0.15) is 5.78 Å². The van der Waals surface area contributed by atoms with Gasteiger partial charge >= 0.3 is 0 Å². The predicted octanol–water partition coefficient (Wildman–Crippen LogP) is 6.36. The Labute approximate surface area is 193 Å². The molecule has 174 valence electrons. The number of hydrogen-bond donors (Lipinski definition) is 1. The summed E-state index contributed by atoms with van der Waals surface area (Å²) in [6.45, 7) is 7.51. The van der Waals surface area contributed by atoms with Crippen LogP contribution in [-0.4, -0.2) is 23.5 Å². The molecule has 4 nitrogen and oxygen atoms in total. The lowest BCUT2D eigenvalue weighted by Crippen LogP contribution is -2.39. The molecule has 2 rings (SSSR count). The summed E-state index contributed by atoms with van der Waals surface area (Å²) in [5.74, 6) is 0.338. The summed E-state index contributed by atoms with van der Waals surface area (Å²) in [5.41, 5.74) is 1.20. The molecule has 0 radical (unpaired) electrons. The maximum Gasteiger partial charge on any atom is 0.220 e. The monoisotopic (exact) mass is 437 g/mol. The third-order valence-electron chi connectivity index (χ3n) is 6.35. The normalized spacial score (nSPS) is 14.0. The molecular weight excluding hydrogens is 398 g/mol. The average molecular weight is 438 g/mol. The zero-order valence-corrected chi connectivity index (χ0v) is 20.2. The van der Waals surface area contributed by atoms with Crippen molar-refractivity contribution in [2.24, 2.45) is 5.92 Å². The quantitative estimate of drug-likeness (QED) is 0.374. The molecular formula is C28H39NO3. The van der Waals surface area contributed by atoms with Crippen LogP contribution in [0.1, 0.15) is 90.5 Å². The van der Waals surface area contributed by atoms with Gasteiger partial charge in [-0.3, -0.25) is 14.4 Å². The van der Waals surface area contributed by atoms with Crippen molar-refractivity contribution < 1.29 is 14.4 Å². The molecule has 0 aliphatic heterocycles. The fourth-order valence-corrected chi connectivity index (χ4v) is 4.58. The van der Waals surface area contributed by atoms with Crippen LogP contribution in [0.15, 0.2) is 42.5 Å². The molecule has 3 unspecified atom stereocenters. The summed E-state index contributed by atoms with van der Waals surface area (Å²) in [6, 6.07) is 14.4. The van der Waals surface area contributed by atoms with Crippen LogP contribution in [0.5, 0.6) is 0 Å². The zero-order valence-electron chi connectivity index (χ0n) is 20.2. The van der Waals surface area contributed by atoms with E-state index in [4.69, 9.17) is 0 Å². The first-order chi connectivity index (χ1) is 15.4. The van der Waals surface area contributed by atoms with Crippen LogP contribution in [0, 0.1) is 5.92 Å². The first-order valence-electron chi connectivity index (χ1n) is 12.2. The van der Waals surface area contributed by atoms with Crippen LogP contribution in [-0.2, 0) is 14.4 Å². The summed E-state index contributed by atoms with van der Waals surface area (Å²) in [6.07, 6.45) is 5.89. The molecule has 0 aliphatic rings. The van der Waals surface area contributed by atoms with Gasteiger partial charge in [-0.1, -0.05) is 76.1 Å². The van der Waals surface area contributed by atoms with Crippen molar-refractivity contribution in [3.8, 4) is 0 Å². The van der Waals surface area contributed by atoms with E-state index in [1.807, 2.05) is 12.1 Å². The highest BCUT2D eigenvalue weighted by molar-refractivity contribution is 5.87. The number of fused-ring (bicyclic) bond motifs is 1. The second-order valence-electron chi connectivity index (χ2n) is 8.84. The van der Waals surface area contributed by atoms with E-state index < -0.39 is 6.04 Å². The highest BCUT2D eigenvalue weighted by atomic mass is 16.2. The van der Waals surface area contributed by atoms with Crippen molar-refractivity contribution in [3.05, 3.63) is 48.0 Å². The molecule has 0 saturated carbocycles. The van der Waals surface area contributed by atoms with Crippen molar-refractivity contribution >= 4 is 28.2 Å². The van der Waals surface area contributed by atoms with E-state index in [9.17, 15) is 14.4 Å². The minimum atomic E-state index is -0.448. The Kier molecular flexibility index (Phi) is 10.6. The molecule has 0 bridgehead atoms. The van der Waals surface area contributed by atoms with Gasteiger partial charge in [-0.05, 0) is 54.9 Å². The summed E-state index contributed by atoms with van der Waals surface area (Å²) in [5, 5.41) is 5.23. The molecule has 0 saturated heterocycles. The maximum atomic E-state index is 13.1. The van der Waals surface area contributed by atoms with Crippen LogP contribution in [0.3, 0.4) is 0 Å². The minimum absolute atomic E-state index is 0.0119. The molecule has 32 heavy (non-hydrogen) atoms. The molecule has 1 amide bonds. The van der Waals surface area contributed by atoms with Gasteiger partial charge in [-0.2, -0.15) is 0 Å². The van der Waals surface area contributed by atoms with Gasteiger partial charge in [0, 0.05) is 18.8 Å². The molecule has 4 heteroatoms. The van der Waals surface area contributed by atoms with Crippen LogP contribution in [0.25, 0.3) is 10.8 Å². The molecule has 1 N–H and O–H groups in total. The van der Waals surface area contributed by atoms with E-state index in [-0.39, 0.29) is 23.5 Å². The Morgan fingerprint density at radius 2 is 1.59 bits per heavy atom. The maximum absolute atomic E-state index is 13.1. The third-order valence-corrected chi connectivity index (χ3v) is 6.35. The Bertz CT molecular complexity index is 904. The lowest BCUT2D eigenvalue weighted by molar-refractivity contribution is -0.126. The molecule has 2 aromatic rings. The van der Waals surface area contributed by atoms with Gasteiger partial charge in [0.25, 0.3) is 0 Å². The van der Waals surface area contributed by atoms with Crippen molar-refractivity contribution in [3.63, 3.8) is 0 Å². The van der Waals surface area contributed by atoms with Gasteiger partial charge < -0.3 is 5.32 Å². The molecule has 0 spiro atoms. The van der Waals surface area contributed by atoms with Gasteiger partial charge in [0.2, 0.25) is 5.91 Å². The van der Waals surface area contributed by atoms with Crippen molar-refractivity contribution in [1.82, 2.24) is 5.32 Å². The molecule has 0 aromatic heterocycles. The average Bonchev–Trinajstić information content (AvgIpc) is 2.79. The number of hydrogen-bond acceptors (Lipinski definition) is 3. The number of carbonyl (C=O) groups excluding carboxylic acids is 3. The Balaban J connectivity index is 2.28. The minimum Gasteiger partial charge on any atom is -0.346 e. The van der Waals surface area contributed by atoms with Crippen LogP contribution in [0.2, 0.25) is 0 Å². The number of benzene rings is 2. The van der Waals surface area contributed by atoms with Crippen LogP contribution < -0.4 is 5.32 Å². The summed E-state index contributed by atoms with van der Waals surface area (Å²) < 4.78 is 0. The van der Waals surface area contributed by atoms with Gasteiger partial charge in [-0.15, -0.1) is 0 Å². The van der Waals surface area contributed by atoms with E-state index in [0.29, 0.717) is 25.0 Å². The Hall–Kier alpha value is -2.49. The smallest absolute Gasteiger partial charge is 0.220 e. The van der Waals surface area contributed by atoms with E-state index in [1.165, 1.54) is 23.3 Å². The SMILES string of the molecule is CCCC(=O)C(CCC)C(CCCC(NC(=O)CC)C(C)=O)c1ccc2ccccc2c1. The van der Waals surface area contributed by atoms with E-state index >= 15 is 0 Å². The summed E-state index contributed by atoms with van der Waals surface area (Å²) in [7, 11) is 0. The number of amides is 1. The first-order valence-corrected chi connectivity index (χ1v) is 12.2. The molecule has 2 aromatic carbocycles. The zero-order chi connectivity index (χ0) is 23.5. The lowest BCUT2D eigenvalue weighted by atomic mass is 9.76. The standard InChI is InChI=1S/C28H39NO3/c1-5-11-25(27(31)12-6-2)24(15-10-16-26(20(4)30)29-28(32)7-3)23-18-17-21-13-8-9-14-22(21)19-23/h8-9,13-14,17-19,24-26H,5-7,10-12,15-16H2,1-4H3,(H,29,32). The van der Waals surface area contributed by atoms with Gasteiger partial charge in [0.05, 0.1) is 6.04 Å². The second kappa shape index (κ2) is 13.1. The number of rotatable bonds is 14. The Morgan fingerprint density at radius 1 is 0.875 bits per heavy atom. The molecule has 0 heterocycles. The van der Waals surface area contributed by atoms with Crippen LogP contribution in [0.4, 0.5) is 0 Å². The molecule has 3 atom stereocenters. The largest absolute Gasteiger partial charge is 0.346 e. The highest BCUT2D eigenvalue weighted by Gasteiger charge is 2.28. The number of carbonyl (C=O) groups is 3. The number of ketones is 2. The van der Waals surface area contributed by atoms with Crippen molar-refractivity contribution in [2.45, 2.75) is 91.0 Å². The Morgan fingerprint density at radius 3 is 2.22 bits per heavy atom. The van der Waals surface area contributed by atoms with Gasteiger partial charge in [0.15, 0.2) is 5.78 Å². The van der Waals surface area contributed by atoms with Gasteiger partial charge in [-0.25, -0.2) is 0 Å². The molecule has 0 fully saturated rings. The summed E-state index contributed by atoms with van der Waals surface area (Å²) >= 11 is 0. The highest BCUT2D eigenvalue weighted by Crippen LogP contribution is 2.36. The predicted molar refractivity (Wildman–Crippen MR) is 132 cm³/mol. The van der Waals surface area contributed by atoms with Crippen LogP contribution >= 0.6 is 0 Å². The number of Topliss-reactive ketones (excluding diaryl/α,β-unsaturated/α-hetero) is 2. The molecule has 0 aliphatic carbocycles. The van der Waals surface area contributed by atoms with E-state index in [1.54, 1.807) is 6.92 Å². The first kappa shape index (κ1) is 25.8. The van der Waals surface area contributed by atoms with E-state index in [2.05, 4.69) is 49.5 Å². The fraction of sp³-hybridized carbons (Fsp3) is 0.536. The fourth-order valence-electron chi connectivity index (χ4n) is 4.58. The van der Waals surface area contributed by atoms with Crippen molar-refractivity contribution in [2.75, 3.05) is 0 Å². The topological polar surface area (TPSA) is 63.2 Å².